The molecular formula is C13H17F2NO2. The summed E-state index contributed by atoms with van der Waals surface area (Å²) in [5.74, 6) is -0.461. The van der Waals surface area contributed by atoms with Gasteiger partial charge in [0.15, 0.2) is 0 Å². The van der Waals surface area contributed by atoms with Crippen LogP contribution in [0.4, 0.5) is 8.78 Å². The number of nitrogens with one attached hydrogen (secondary N) is 1. The summed E-state index contributed by atoms with van der Waals surface area (Å²) < 4.78 is 36.2. The first-order chi connectivity index (χ1) is 8.74. The van der Waals surface area contributed by atoms with Gasteiger partial charge in [-0.1, -0.05) is 0 Å². The second-order valence-corrected chi connectivity index (χ2v) is 4.39. The third kappa shape index (κ3) is 4.23. The van der Waals surface area contributed by atoms with Crippen molar-refractivity contribution in [3.05, 3.63) is 29.8 Å². The van der Waals surface area contributed by atoms with E-state index in [1.807, 2.05) is 0 Å². The van der Waals surface area contributed by atoms with Crippen LogP contribution in [0, 0.1) is 17.6 Å². The largest absolute Gasteiger partial charge is 0.492 e. The molecule has 1 unspecified atom stereocenters. The fourth-order valence-corrected chi connectivity index (χ4v) is 1.90. The molecule has 1 aliphatic rings. The van der Waals surface area contributed by atoms with Crippen molar-refractivity contribution in [2.75, 3.05) is 32.9 Å². The van der Waals surface area contributed by atoms with Gasteiger partial charge in [-0.25, -0.2) is 8.78 Å². The number of benzene rings is 1. The molecule has 5 heteroatoms. The lowest BCUT2D eigenvalue weighted by Crippen LogP contribution is -2.27. The number of ether oxygens (including phenoxy) is 2. The van der Waals surface area contributed by atoms with Crippen molar-refractivity contribution in [3.8, 4) is 5.75 Å². The minimum Gasteiger partial charge on any atom is -0.492 e. The van der Waals surface area contributed by atoms with E-state index in [2.05, 4.69) is 5.32 Å². The number of hydrogen-bond acceptors (Lipinski definition) is 3. The third-order valence-corrected chi connectivity index (χ3v) is 2.84. The van der Waals surface area contributed by atoms with Crippen molar-refractivity contribution in [1.29, 1.82) is 0 Å². The molecule has 1 aromatic carbocycles. The Balaban J connectivity index is 1.62. The first-order valence-electron chi connectivity index (χ1n) is 6.11. The summed E-state index contributed by atoms with van der Waals surface area (Å²) in [4.78, 5) is 0. The highest BCUT2D eigenvalue weighted by molar-refractivity contribution is 5.23. The van der Waals surface area contributed by atoms with Crippen molar-refractivity contribution >= 4 is 0 Å². The maximum Gasteiger partial charge on any atom is 0.129 e. The Kier molecular flexibility index (Phi) is 4.90. The van der Waals surface area contributed by atoms with Crippen LogP contribution in [0.25, 0.3) is 0 Å². The summed E-state index contributed by atoms with van der Waals surface area (Å²) in [5.41, 5.74) is 0. The van der Waals surface area contributed by atoms with Gasteiger partial charge in [-0.05, 0) is 12.3 Å². The normalized spacial score (nSPS) is 19.1. The van der Waals surface area contributed by atoms with Crippen molar-refractivity contribution in [1.82, 2.24) is 5.32 Å². The molecule has 1 fully saturated rings. The molecule has 0 bridgehead atoms. The van der Waals surface area contributed by atoms with E-state index in [0.717, 1.165) is 32.2 Å². The Morgan fingerprint density at radius 3 is 2.72 bits per heavy atom. The van der Waals surface area contributed by atoms with Crippen molar-refractivity contribution in [3.63, 3.8) is 0 Å². The molecule has 100 valence electrons. The molecule has 2 rings (SSSR count). The first kappa shape index (κ1) is 13.2. The van der Waals surface area contributed by atoms with Crippen LogP contribution in [-0.2, 0) is 4.74 Å². The van der Waals surface area contributed by atoms with Gasteiger partial charge in [0.2, 0.25) is 0 Å². The van der Waals surface area contributed by atoms with E-state index in [0.29, 0.717) is 19.1 Å². The average molecular weight is 257 g/mol. The second kappa shape index (κ2) is 6.66. The highest BCUT2D eigenvalue weighted by atomic mass is 19.1. The van der Waals surface area contributed by atoms with Gasteiger partial charge in [0, 0.05) is 37.9 Å². The summed E-state index contributed by atoms with van der Waals surface area (Å²) in [7, 11) is 0. The quantitative estimate of drug-likeness (QED) is 0.790. The molecule has 0 amide bonds. The lowest BCUT2D eigenvalue weighted by Gasteiger charge is -2.10. The van der Waals surface area contributed by atoms with Crippen molar-refractivity contribution < 1.29 is 18.3 Å². The molecule has 1 atom stereocenters. The van der Waals surface area contributed by atoms with Crippen LogP contribution in [0.2, 0.25) is 0 Å². The van der Waals surface area contributed by atoms with E-state index in [4.69, 9.17) is 9.47 Å². The first-order valence-corrected chi connectivity index (χ1v) is 6.11. The maximum absolute atomic E-state index is 12.9. The zero-order chi connectivity index (χ0) is 12.8. The van der Waals surface area contributed by atoms with E-state index in [-0.39, 0.29) is 5.75 Å². The molecule has 1 heterocycles. The third-order valence-electron chi connectivity index (χ3n) is 2.84. The van der Waals surface area contributed by atoms with Crippen LogP contribution in [0.15, 0.2) is 18.2 Å². The standard InChI is InChI=1S/C13H17F2NO2/c14-11-5-12(15)7-13(6-11)18-4-2-16-8-10-1-3-17-9-10/h5-7,10,16H,1-4,8-9H2. The van der Waals surface area contributed by atoms with E-state index in [9.17, 15) is 8.78 Å². The van der Waals surface area contributed by atoms with Crippen molar-refractivity contribution in [2.45, 2.75) is 6.42 Å². The van der Waals surface area contributed by atoms with Gasteiger partial charge < -0.3 is 14.8 Å². The predicted octanol–water partition coefficient (Wildman–Crippen LogP) is 1.97. The minimum absolute atomic E-state index is 0.221. The summed E-state index contributed by atoms with van der Waals surface area (Å²) in [6.07, 6.45) is 1.09. The van der Waals surface area contributed by atoms with E-state index in [1.165, 1.54) is 12.1 Å². The number of rotatable bonds is 6. The zero-order valence-electron chi connectivity index (χ0n) is 10.1. The fourth-order valence-electron chi connectivity index (χ4n) is 1.90. The van der Waals surface area contributed by atoms with Gasteiger partial charge in [0.1, 0.15) is 24.0 Å². The number of hydrogen-bond donors (Lipinski definition) is 1. The van der Waals surface area contributed by atoms with Crippen LogP contribution in [0.1, 0.15) is 6.42 Å². The lowest BCUT2D eigenvalue weighted by molar-refractivity contribution is 0.185. The average Bonchev–Trinajstić information content (AvgIpc) is 2.80. The van der Waals surface area contributed by atoms with E-state index >= 15 is 0 Å². The minimum atomic E-state index is -0.624. The second-order valence-electron chi connectivity index (χ2n) is 4.39. The van der Waals surface area contributed by atoms with E-state index in [1.54, 1.807) is 0 Å². The monoisotopic (exact) mass is 257 g/mol. The molecule has 1 N–H and O–H groups in total. The molecule has 0 radical (unpaired) electrons. The van der Waals surface area contributed by atoms with Gasteiger partial charge in [-0.15, -0.1) is 0 Å². The van der Waals surface area contributed by atoms with Gasteiger partial charge in [-0.2, -0.15) is 0 Å². The maximum atomic E-state index is 12.9. The fraction of sp³-hybridized carbons (Fsp3) is 0.538. The molecular weight excluding hydrogens is 240 g/mol. The Bertz CT molecular complexity index is 361. The van der Waals surface area contributed by atoms with E-state index < -0.39 is 11.6 Å². The summed E-state index contributed by atoms with van der Waals surface area (Å²) in [6, 6.07) is 3.17. The highest BCUT2D eigenvalue weighted by Gasteiger charge is 2.14. The summed E-state index contributed by atoms with van der Waals surface area (Å²) in [5, 5.41) is 3.23. The molecule has 1 saturated heterocycles. The zero-order valence-corrected chi connectivity index (χ0v) is 10.1. The van der Waals surface area contributed by atoms with Gasteiger partial charge in [0.05, 0.1) is 6.61 Å². The van der Waals surface area contributed by atoms with Gasteiger partial charge >= 0.3 is 0 Å². The Hall–Kier alpha value is -1.20. The smallest absolute Gasteiger partial charge is 0.129 e. The van der Waals surface area contributed by atoms with Crippen LogP contribution in [0.5, 0.6) is 5.75 Å². The SMILES string of the molecule is Fc1cc(F)cc(OCCNCC2CCOC2)c1. The van der Waals surface area contributed by atoms with Gasteiger partial charge in [0.25, 0.3) is 0 Å². The molecule has 0 aliphatic carbocycles. The Morgan fingerprint density at radius 1 is 1.28 bits per heavy atom. The molecule has 3 nitrogen and oxygen atoms in total. The predicted molar refractivity (Wildman–Crippen MR) is 63.6 cm³/mol. The highest BCUT2D eigenvalue weighted by Crippen LogP contribution is 2.15. The van der Waals surface area contributed by atoms with Crippen LogP contribution < -0.4 is 10.1 Å². The lowest BCUT2D eigenvalue weighted by atomic mass is 10.1. The molecule has 0 saturated carbocycles. The molecule has 18 heavy (non-hydrogen) atoms. The van der Waals surface area contributed by atoms with Crippen LogP contribution in [-0.4, -0.2) is 32.9 Å². The molecule has 1 aromatic rings. The summed E-state index contributed by atoms with van der Waals surface area (Å²) >= 11 is 0. The number of halogens is 2. The Labute approximate surface area is 105 Å². The van der Waals surface area contributed by atoms with Crippen molar-refractivity contribution in [2.24, 2.45) is 5.92 Å². The molecule has 1 aliphatic heterocycles. The van der Waals surface area contributed by atoms with Crippen LogP contribution >= 0.6 is 0 Å². The topological polar surface area (TPSA) is 30.5 Å². The molecule has 0 spiro atoms. The Morgan fingerprint density at radius 2 is 2.06 bits per heavy atom. The van der Waals surface area contributed by atoms with Crippen LogP contribution in [0.3, 0.4) is 0 Å². The molecule has 0 aromatic heterocycles. The summed E-state index contributed by atoms with van der Waals surface area (Å²) in [6.45, 7) is 3.57. The van der Waals surface area contributed by atoms with Gasteiger partial charge in [-0.3, -0.25) is 0 Å².